The van der Waals surface area contributed by atoms with Gasteiger partial charge in [-0.2, -0.15) is 8.75 Å². The first-order valence-electron chi connectivity index (χ1n) is 8.53. The van der Waals surface area contributed by atoms with Gasteiger partial charge in [-0.15, -0.1) is 0 Å². The van der Waals surface area contributed by atoms with E-state index in [2.05, 4.69) is 8.75 Å². The van der Waals surface area contributed by atoms with E-state index in [9.17, 15) is 19.2 Å². The lowest BCUT2D eigenvalue weighted by molar-refractivity contribution is 0.111. The Kier molecular flexibility index (Phi) is 4.88. The van der Waals surface area contributed by atoms with Crippen LogP contribution in [0, 0.1) is 0 Å². The molecule has 0 atom stereocenters. The molecule has 1 heterocycles. The van der Waals surface area contributed by atoms with Crippen LogP contribution in [0.25, 0.3) is 33.3 Å². The molecule has 4 aromatic rings. The molecule has 140 valence electrons. The van der Waals surface area contributed by atoms with E-state index >= 15 is 0 Å². The van der Waals surface area contributed by atoms with E-state index in [0.29, 0.717) is 69.6 Å². The van der Waals surface area contributed by atoms with Crippen LogP contribution in [0.4, 0.5) is 0 Å². The lowest BCUT2D eigenvalue weighted by Gasteiger charge is -2.09. The highest BCUT2D eigenvalue weighted by Crippen LogP contribution is 2.35. The minimum Gasteiger partial charge on any atom is -0.298 e. The third-order valence-corrected chi connectivity index (χ3v) is 5.07. The summed E-state index contributed by atoms with van der Waals surface area (Å²) >= 11 is 1.03. The molecule has 4 rings (SSSR count). The molecule has 0 radical (unpaired) electrons. The molecule has 0 spiro atoms. The summed E-state index contributed by atoms with van der Waals surface area (Å²) in [5.41, 5.74) is 5.58. The van der Waals surface area contributed by atoms with Crippen molar-refractivity contribution in [1.82, 2.24) is 8.75 Å². The number of carbonyl (C=O) groups excluding carboxylic acids is 4. The summed E-state index contributed by atoms with van der Waals surface area (Å²) in [6.07, 6.45) is 2.75. The van der Waals surface area contributed by atoms with Crippen LogP contribution in [0.1, 0.15) is 41.4 Å². The van der Waals surface area contributed by atoms with Crippen molar-refractivity contribution in [3.63, 3.8) is 0 Å². The van der Waals surface area contributed by atoms with Crippen molar-refractivity contribution in [3.8, 4) is 22.3 Å². The van der Waals surface area contributed by atoms with Gasteiger partial charge in [-0.25, -0.2) is 0 Å². The van der Waals surface area contributed by atoms with Crippen LogP contribution >= 0.6 is 11.7 Å². The topological polar surface area (TPSA) is 94.1 Å². The Morgan fingerprint density at radius 2 is 0.897 bits per heavy atom. The monoisotopic (exact) mass is 400 g/mol. The molecule has 0 aliphatic carbocycles. The average molecular weight is 400 g/mol. The maximum atomic E-state index is 11.2. The van der Waals surface area contributed by atoms with Gasteiger partial charge in [-0.3, -0.25) is 19.2 Å². The predicted octanol–water partition coefficient (Wildman–Crippen LogP) is 4.28. The first-order valence-corrected chi connectivity index (χ1v) is 9.26. The standard InChI is InChI=1S/C22H12N2O4S/c25-9-13-3-14(10-26)6-17(5-13)19-1-2-20(22-21(19)23-29-24-22)18-7-15(11-27)4-16(8-18)12-28/h1-12H. The molecule has 0 aliphatic heterocycles. The molecule has 7 heteroatoms. The zero-order chi connectivity index (χ0) is 20.4. The molecule has 0 bridgehead atoms. The smallest absolute Gasteiger partial charge is 0.150 e. The van der Waals surface area contributed by atoms with Gasteiger partial charge in [0.15, 0.2) is 0 Å². The van der Waals surface area contributed by atoms with Crippen LogP contribution in [0.3, 0.4) is 0 Å². The Balaban J connectivity index is 1.94. The van der Waals surface area contributed by atoms with Gasteiger partial charge in [0.1, 0.15) is 36.2 Å². The quantitative estimate of drug-likeness (QED) is 0.449. The molecule has 0 saturated carbocycles. The molecule has 0 saturated heterocycles. The SMILES string of the molecule is O=Cc1cc(C=O)cc(-c2ccc(-c3cc(C=O)cc(C=O)c3)c3nsnc23)c1. The highest BCUT2D eigenvalue weighted by molar-refractivity contribution is 7.00. The fraction of sp³-hybridized carbons (Fsp3) is 0. The summed E-state index contributed by atoms with van der Waals surface area (Å²) in [4.78, 5) is 44.9. The van der Waals surface area contributed by atoms with Crippen molar-refractivity contribution < 1.29 is 19.2 Å². The summed E-state index contributed by atoms with van der Waals surface area (Å²) in [5.74, 6) is 0. The van der Waals surface area contributed by atoms with E-state index in [-0.39, 0.29) is 0 Å². The largest absolute Gasteiger partial charge is 0.298 e. The highest BCUT2D eigenvalue weighted by atomic mass is 32.1. The zero-order valence-corrected chi connectivity index (χ0v) is 15.7. The van der Waals surface area contributed by atoms with Crippen LogP contribution in [0.5, 0.6) is 0 Å². The lowest BCUT2D eigenvalue weighted by atomic mass is 9.94. The van der Waals surface area contributed by atoms with Crippen molar-refractivity contribution >= 4 is 47.9 Å². The number of rotatable bonds is 6. The number of hydrogen-bond donors (Lipinski definition) is 0. The first-order chi connectivity index (χ1) is 14.2. The Morgan fingerprint density at radius 3 is 1.21 bits per heavy atom. The van der Waals surface area contributed by atoms with Gasteiger partial charge in [0.2, 0.25) is 0 Å². The summed E-state index contributed by atoms with van der Waals surface area (Å²) in [6.45, 7) is 0. The van der Waals surface area contributed by atoms with Crippen molar-refractivity contribution in [1.29, 1.82) is 0 Å². The van der Waals surface area contributed by atoms with Crippen LogP contribution < -0.4 is 0 Å². The summed E-state index contributed by atoms with van der Waals surface area (Å²) < 4.78 is 8.78. The fourth-order valence-electron chi connectivity index (χ4n) is 3.27. The molecule has 6 nitrogen and oxygen atoms in total. The number of benzene rings is 3. The van der Waals surface area contributed by atoms with Gasteiger partial charge < -0.3 is 0 Å². The van der Waals surface area contributed by atoms with Crippen LogP contribution in [-0.2, 0) is 0 Å². The van der Waals surface area contributed by atoms with E-state index in [1.54, 1.807) is 24.3 Å². The molecule has 0 unspecified atom stereocenters. The Labute approximate surface area is 169 Å². The van der Waals surface area contributed by atoms with E-state index < -0.39 is 0 Å². The van der Waals surface area contributed by atoms with Crippen molar-refractivity contribution in [2.45, 2.75) is 0 Å². The number of hydrogen-bond acceptors (Lipinski definition) is 7. The molecule has 29 heavy (non-hydrogen) atoms. The van der Waals surface area contributed by atoms with E-state index in [4.69, 9.17) is 0 Å². The zero-order valence-electron chi connectivity index (χ0n) is 14.9. The van der Waals surface area contributed by atoms with Gasteiger partial charge in [-0.1, -0.05) is 12.1 Å². The van der Waals surface area contributed by atoms with Gasteiger partial charge in [-0.05, 0) is 47.5 Å². The first kappa shape index (κ1) is 18.5. The highest BCUT2D eigenvalue weighted by Gasteiger charge is 2.15. The van der Waals surface area contributed by atoms with Crippen molar-refractivity contribution in [3.05, 3.63) is 70.8 Å². The summed E-state index contributed by atoms with van der Waals surface area (Å²) in [7, 11) is 0. The minimum atomic E-state index is 0.388. The number of aldehydes is 4. The Bertz CT molecular complexity index is 1140. The van der Waals surface area contributed by atoms with Gasteiger partial charge in [0.25, 0.3) is 0 Å². The average Bonchev–Trinajstić information content (AvgIpc) is 3.27. The van der Waals surface area contributed by atoms with Gasteiger partial charge in [0, 0.05) is 33.4 Å². The normalized spacial score (nSPS) is 10.6. The molecular formula is C22H12N2O4S. The maximum absolute atomic E-state index is 11.2. The molecule has 3 aromatic carbocycles. The second-order valence-electron chi connectivity index (χ2n) is 6.37. The Morgan fingerprint density at radius 1 is 0.552 bits per heavy atom. The van der Waals surface area contributed by atoms with E-state index in [0.717, 1.165) is 22.9 Å². The van der Waals surface area contributed by atoms with Crippen molar-refractivity contribution in [2.24, 2.45) is 0 Å². The van der Waals surface area contributed by atoms with E-state index in [1.807, 2.05) is 12.1 Å². The minimum absolute atomic E-state index is 0.388. The van der Waals surface area contributed by atoms with Crippen LogP contribution in [0.2, 0.25) is 0 Å². The number of aromatic nitrogens is 2. The summed E-state index contributed by atoms with van der Waals surface area (Å²) in [5, 5.41) is 0. The Hall–Kier alpha value is -3.84. The number of nitrogens with zero attached hydrogens (tertiary/aromatic N) is 2. The second kappa shape index (κ2) is 7.65. The second-order valence-corrected chi connectivity index (χ2v) is 6.90. The number of fused-ring (bicyclic) bond motifs is 1. The molecule has 0 fully saturated rings. The third-order valence-electron chi connectivity index (χ3n) is 4.54. The molecule has 0 aliphatic rings. The summed E-state index contributed by atoms with van der Waals surface area (Å²) in [6, 6.07) is 13.4. The third kappa shape index (κ3) is 3.39. The van der Waals surface area contributed by atoms with Crippen molar-refractivity contribution in [2.75, 3.05) is 0 Å². The molecule has 0 N–H and O–H groups in total. The lowest BCUT2D eigenvalue weighted by Crippen LogP contribution is -1.92. The molecular weight excluding hydrogens is 388 g/mol. The fourth-order valence-corrected chi connectivity index (χ4v) is 3.84. The van der Waals surface area contributed by atoms with Crippen LogP contribution in [0.15, 0.2) is 48.5 Å². The van der Waals surface area contributed by atoms with Gasteiger partial charge in [0.05, 0.1) is 11.7 Å². The predicted molar refractivity (Wildman–Crippen MR) is 110 cm³/mol. The van der Waals surface area contributed by atoms with Gasteiger partial charge >= 0.3 is 0 Å². The van der Waals surface area contributed by atoms with Crippen LogP contribution in [-0.4, -0.2) is 33.9 Å². The number of carbonyl (C=O) groups is 4. The maximum Gasteiger partial charge on any atom is 0.150 e. The molecule has 1 aromatic heterocycles. The van der Waals surface area contributed by atoms with E-state index in [1.165, 1.54) is 12.1 Å². The molecule has 0 amide bonds.